The molecule has 0 bridgehead atoms. The number of methoxy groups -OCH3 is 2. The minimum absolute atomic E-state index is 0.243. The Labute approximate surface area is 157 Å². The number of imide groups is 1. The number of carbonyl (C=O) groups is 2. The van der Waals surface area contributed by atoms with Crippen LogP contribution < -0.4 is 9.47 Å². The molecular weight excluding hydrogens is 354 g/mol. The molecule has 1 saturated heterocycles. The maximum Gasteiger partial charge on any atom is 0.293 e. The van der Waals surface area contributed by atoms with Gasteiger partial charge in [0.15, 0.2) is 11.5 Å². The Hall–Kier alpha value is -2.25. The van der Waals surface area contributed by atoms with Crippen LogP contribution in [-0.4, -0.2) is 50.0 Å². The van der Waals surface area contributed by atoms with Crippen molar-refractivity contribution in [2.45, 2.75) is 13.3 Å². The summed E-state index contributed by atoms with van der Waals surface area (Å²) in [6, 6.07) is 3.71. The SMILES string of the molecule is C=CCc1cc(/C=C2/SC(=O)N(CCOC)C2=O)cc(OCC)c1OC. The van der Waals surface area contributed by atoms with Crippen LogP contribution in [0, 0.1) is 0 Å². The Morgan fingerprint density at radius 3 is 2.65 bits per heavy atom. The second-order valence-corrected chi connectivity index (χ2v) is 6.46. The number of amides is 2. The van der Waals surface area contributed by atoms with Gasteiger partial charge >= 0.3 is 0 Å². The molecule has 0 saturated carbocycles. The minimum Gasteiger partial charge on any atom is -0.493 e. The highest BCUT2D eigenvalue weighted by atomic mass is 32.2. The van der Waals surface area contributed by atoms with Crippen molar-refractivity contribution in [2.75, 3.05) is 34.0 Å². The number of nitrogens with zero attached hydrogens (tertiary/aromatic N) is 1. The average molecular weight is 377 g/mol. The van der Waals surface area contributed by atoms with E-state index in [2.05, 4.69) is 6.58 Å². The molecule has 0 N–H and O–H groups in total. The smallest absolute Gasteiger partial charge is 0.293 e. The molecule has 2 rings (SSSR count). The summed E-state index contributed by atoms with van der Waals surface area (Å²) >= 11 is 0.926. The maximum absolute atomic E-state index is 12.5. The third kappa shape index (κ3) is 4.47. The largest absolute Gasteiger partial charge is 0.493 e. The van der Waals surface area contributed by atoms with Crippen LogP contribution in [0.2, 0.25) is 0 Å². The predicted octanol–water partition coefficient (Wildman–Crippen LogP) is 3.51. The molecule has 140 valence electrons. The topological polar surface area (TPSA) is 65.1 Å². The fourth-order valence-corrected chi connectivity index (χ4v) is 3.46. The quantitative estimate of drug-likeness (QED) is 0.485. The molecule has 7 heteroatoms. The standard InChI is InChI=1S/C19H23NO5S/c1-5-7-14-10-13(11-15(25-6-2)17(14)24-4)12-16-18(21)20(8-9-23-3)19(22)26-16/h5,10-12H,1,6-9H2,2-4H3/b16-12+. The summed E-state index contributed by atoms with van der Waals surface area (Å²) < 4.78 is 16.1. The van der Waals surface area contributed by atoms with Crippen molar-refractivity contribution in [2.24, 2.45) is 0 Å². The second-order valence-electron chi connectivity index (χ2n) is 5.46. The van der Waals surface area contributed by atoms with E-state index in [1.807, 2.05) is 13.0 Å². The average Bonchev–Trinajstić information content (AvgIpc) is 2.87. The monoisotopic (exact) mass is 377 g/mol. The molecule has 1 aromatic carbocycles. The van der Waals surface area contributed by atoms with E-state index in [-0.39, 0.29) is 17.7 Å². The van der Waals surface area contributed by atoms with Crippen molar-refractivity contribution in [3.05, 3.63) is 40.8 Å². The zero-order chi connectivity index (χ0) is 19.1. The molecule has 1 aliphatic heterocycles. The summed E-state index contributed by atoms with van der Waals surface area (Å²) in [4.78, 5) is 26.1. The van der Waals surface area contributed by atoms with Gasteiger partial charge in [-0.25, -0.2) is 0 Å². The zero-order valence-electron chi connectivity index (χ0n) is 15.2. The van der Waals surface area contributed by atoms with Gasteiger partial charge in [-0.3, -0.25) is 14.5 Å². The fraction of sp³-hybridized carbons (Fsp3) is 0.368. The van der Waals surface area contributed by atoms with Gasteiger partial charge in [-0.2, -0.15) is 0 Å². The number of hydrogen-bond acceptors (Lipinski definition) is 6. The summed E-state index contributed by atoms with van der Waals surface area (Å²) in [6.45, 7) is 6.70. The van der Waals surface area contributed by atoms with Crippen LogP contribution in [0.15, 0.2) is 29.7 Å². The highest BCUT2D eigenvalue weighted by Gasteiger charge is 2.34. The third-order valence-corrected chi connectivity index (χ3v) is 4.62. The number of rotatable bonds is 9. The van der Waals surface area contributed by atoms with Gasteiger partial charge in [0, 0.05) is 12.7 Å². The fourth-order valence-electron chi connectivity index (χ4n) is 2.60. The molecule has 0 radical (unpaired) electrons. The molecule has 26 heavy (non-hydrogen) atoms. The van der Waals surface area contributed by atoms with E-state index in [0.717, 1.165) is 22.9 Å². The number of ether oxygens (including phenoxy) is 3. The Kier molecular flexibility index (Phi) is 7.29. The van der Waals surface area contributed by atoms with Gasteiger partial charge in [0.25, 0.3) is 11.1 Å². The van der Waals surface area contributed by atoms with Crippen LogP contribution >= 0.6 is 11.8 Å². The van der Waals surface area contributed by atoms with E-state index in [1.165, 1.54) is 12.0 Å². The lowest BCUT2D eigenvalue weighted by atomic mass is 10.0. The Balaban J connectivity index is 2.38. The van der Waals surface area contributed by atoms with Gasteiger partial charge in [0.2, 0.25) is 0 Å². The van der Waals surface area contributed by atoms with E-state index in [9.17, 15) is 9.59 Å². The molecule has 2 amide bonds. The van der Waals surface area contributed by atoms with Crippen molar-refractivity contribution < 1.29 is 23.8 Å². The van der Waals surface area contributed by atoms with Crippen molar-refractivity contribution in [3.63, 3.8) is 0 Å². The van der Waals surface area contributed by atoms with Crippen LogP contribution in [0.1, 0.15) is 18.1 Å². The molecule has 0 atom stereocenters. The van der Waals surface area contributed by atoms with Crippen LogP contribution in [0.25, 0.3) is 6.08 Å². The van der Waals surface area contributed by atoms with Crippen LogP contribution in [-0.2, 0) is 16.0 Å². The van der Waals surface area contributed by atoms with E-state index >= 15 is 0 Å². The van der Waals surface area contributed by atoms with Crippen molar-refractivity contribution in [3.8, 4) is 11.5 Å². The highest BCUT2D eigenvalue weighted by Crippen LogP contribution is 2.37. The highest BCUT2D eigenvalue weighted by molar-refractivity contribution is 8.18. The Morgan fingerprint density at radius 1 is 1.27 bits per heavy atom. The normalized spacial score (nSPS) is 15.7. The molecule has 1 heterocycles. The van der Waals surface area contributed by atoms with E-state index in [1.54, 1.807) is 25.3 Å². The van der Waals surface area contributed by atoms with Crippen molar-refractivity contribution in [1.29, 1.82) is 0 Å². The summed E-state index contributed by atoms with van der Waals surface area (Å²) in [5, 5.41) is -0.289. The first kappa shape index (κ1) is 20.1. The molecule has 0 spiro atoms. The van der Waals surface area contributed by atoms with Crippen molar-refractivity contribution in [1.82, 2.24) is 4.90 Å². The molecular formula is C19H23NO5S. The minimum atomic E-state index is -0.309. The van der Waals surface area contributed by atoms with Crippen molar-refractivity contribution >= 4 is 29.0 Å². The maximum atomic E-state index is 12.5. The van der Waals surface area contributed by atoms with Gasteiger partial charge in [-0.15, -0.1) is 6.58 Å². The molecule has 6 nitrogen and oxygen atoms in total. The lowest BCUT2D eigenvalue weighted by Crippen LogP contribution is -2.31. The van der Waals surface area contributed by atoms with Crippen LogP contribution in [0.4, 0.5) is 4.79 Å². The predicted molar refractivity (Wildman–Crippen MR) is 103 cm³/mol. The molecule has 1 aliphatic rings. The number of benzene rings is 1. The second kappa shape index (κ2) is 9.45. The number of hydrogen-bond donors (Lipinski definition) is 0. The summed E-state index contributed by atoms with van der Waals surface area (Å²) in [5.41, 5.74) is 1.67. The third-order valence-electron chi connectivity index (χ3n) is 3.71. The van der Waals surface area contributed by atoms with Gasteiger partial charge in [0.1, 0.15) is 0 Å². The summed E-state index contributed by atoms with van der Waals surface area (Å²) in [7, 11) is 3.12. The lowest BCUT2D eigenvalue weighted by Gasteiger charge is -2.14. The van der Waals surface area contributed by atoms with Gasteiger partial charge in [-0.1, -0.05) is 6.08 Å². The number of thioether (sulfide) groups is 1. The van der Waals surface area contributed by atoms with E-state index in [0.29, 0.717) is 36.0 Å². The number of carbonyl (C=O) groups excluding carboxylic acids is 2. The molecule has 1 fully saturated rings. The molecule has 0 aromatic heterocycles. The van der Waals surface area contributed by atoms with Crippen LogP contribution in [0.3, 0.4) is 0 Å². The lowest BCUT2D eigenvalue weighted by molar-refractivity contribution is -0.123. The molecule has 1 aromatic rings. The number of allylic oxidation sites excluding steroid dienone is 1. The zero-order valence-corrected chi connectivity index (χ0v) is 16.1. The summed E-state index contributed by atoms with van der Waals surface area (Å²) in [6.07, 6.45) is 4.07. The van der Waals surface area contributed by atoms with Crippen LogP contribution in [0.5, 0.6) is 11.5 Å². The first-order valence-electron chi connectivity index (χ1n) is 8.24. The van der Waals surface area contributed by atoms with Gasteiger partial charge in [0.05, 0.1) is 31.8 Å². The first-order valence-corrected chi connectivity index (χ1v) is 9.06. The Morgan fingerprint density at radius 2 is 2.04 bits per heavy atom. The molecule has 0 aliphatic carbocycles. The van der Waals surface area contributed by atoms with E-state index in [4.69, 9.17) is 14.2 Å². The van der Waals surface area contributed by atoms with Gasteiger partial charge < -0.3 is 14.2 Å². The van der Waals surface area contributed by atoms with E-state index < -0.39 is 0 Å². The summed E-state index contributed by atoms with van der Waals surface area (Å²) in [5.74, 6) is 0.937. The Bertz CT molecular complexity index is 729. The van der Waals surface area contributed by atoms with Gasteiger partial charge in [-0.05, 0) is 48.9 Å². The first-order chi connectivity index (χ1) is 12.5. The molecule has 0 unspecified atom stereocenters.